The van der Waals surface area contributed by atoms with Crippen molar-refractivity contribution < 1.29 is 4.79 Å². The highest BCUT2D eigenvalue weighted by molar-refractivity contribution is 8.00. The van der Waals surface area contributed by atoms with Crippen molar-refractivity contribution in [3.8, 4) is 12.3 Å². The second-order valence-electron chi connectivity index (χ2n) is 7.32. The maximum Gasteiger partial charge on any atom is 0.250 e. The zero-order valence-corrected chi connectivity index (χ0v) is 18.4. The van der Waals surface area contributed by atoms with Gasteiger partial charge in [0.25, 0.3) is 0 Å². The third kappa shape index (κ3) is 4.21. The summed E-state index contributed by atoms with van der Waals surface area (Å²) >= 11 is 1.51. The maximum absolute atomic E-state index is 12.4. The molecular formula is C26H23N3OS. The lowest BCUT2D eigenvalue weighted by Crippen LogP contribution is -2.19. The molecule has 0 radical (unpaired) electrons. The molecule has 1 heterocycles. The fourth-order valence-electron chi connectivity index (χ4n) is 3.86. The molecule has 3 aromatic carbocycles. The smallest absolute Gasteiger partial charge is 0.250 e. The van der Waals surface area contributed by atoms with Crippen LogP contribution in [0.15, 0.2) is 70.7 Å². The lowest BCUT2D eigenvalue weighted by Gasteiger charge is -2.05. The average molecular weight is 426 g/mol. The highest BCUT2D eigenvalue weighted by Gasteiger charge is 2.14. The molecule has 5 heteroatoms. The Morgan fingerprint density at radius 2 is 1.84 bits per heavy atom. The van der Waals surface area contributed by atoms with Crippen molar-refractivity contribution in [3.05, 3.63) is 77.5 Å². The first-order chi connectivity index (χ1) is 15.1. The van der Waals surface area contributed by atoms with E-state index in [1.807, 2.05) is 37.3 Å². The second-order valence-corrected chi connectivity index (χ2v) is 8.34. The van der Waals surface area contributed by atoms with Gasteiger partial charge in [0, 0.05) is 21.5 Å². The minimum absolute atomic E-state index is 0.143. The minimum atomic E-state index is -0.143. The monoisotopic (exact) mass is 425 g/mol. The van der Waals surface area contributed by atoms with Gasteiger partial charge in [-0.2, -0.15) is 5.10 Å². The van der Waals surface area contributed by atoms with Crippen LogP contribution in [0, 0.1) is 26.2 Å². The number of carbonyl (C=O) groups excluding carboxylic acids is 1. The Morgan fingerprint density at radius 3 is 2.68 bits per heavy atom. The van der Waals surface area contributed by atoms with Crippen molar-refractivity contribution >= 4 is 45.6 Å². The van der Waals surface area contributed by atoms with Crippen molar-refractivity contribution in [3.63, 3.8) is 0 Å². The van der Waals surface area contributed by atoms with Gasteiger partial charge in [-0.25, -0.2) is 5.43 Å². The van der Waals surface area contributed by atoms with E-state index < -0.39 is 0 Å². The zero-order chi connectivity index (χ0) is 21.8. The zero-order valence-electron chi connectivity index (χ0n) is 17.6. The Kier molecular flexibility index (Phi) is 6.11. The summed E-state index contributed by atoms with van der Waals surface area (Å²) in [6.45, 7) is 4.59. The molecule has 31 heavy (non-hydrogen) atoms. The lowest BCUT2D eigenvalue weighted by molar-refractivity contribution is -0.118. The van der Waals surface area contributed by atoms with Crippen molar-refractivity contribution in [2.24, 2.45) is 5.10 Å². The molecule has 0 atom stereocenters. The summed E-state index contributed by atoms with van der Waals surface area (Å²) < 4.78 is 2.12. The summed E-state index contributed by atoms with van der Waals surface area (Å²) in [6.07, 6.45) is 7.28. The highest BCUT2D eigenvalue weighted by Crippen LogP contribution is 2.28. The number of nitrogens with zero attached hydrogens (tertiary/aromatic N) is 2. The van der Waals surface area contributed by atoms with Crippen LogP contribution >= 0.6 is 11.8 Å². The van der Waals surface area contributed by atoms with Gasteiger partial charge >= 0.3 is 0 Å². The van der Waals surface area contributed by atoms with Crippen LogP contribution in [-0.4, -0.2) is 22.4 Å². The molecule has 0 saturated carbocycles. The number of para-hydroxylation sites is 1. The van der Waals surface area contributed by atoms with E-state index in [0.717, 1.165) is 38.0 Å². The molecule has 0 bridgehead atoms. The Balaban J connectivity index is 1.48. The third-order valence-corrected chi connectivity index (χ3v) is 6.41. The number of amides is 1. The first-order valence-corrected chi connectivity index (χ1v) is 11.0. The average Bonchev–Trinajstić information content (AvgIpc) is 3.05. The van der Waals surface area contributed by atoms with Gasteiger partial charge < -0.3 is 4.57 Å². The molecule has 154 valence electrons. The Labute approximate surface area is 186 Å². The Hall–Kier alpha value is -3.49. The van der Waals surface area contributed by atoms with Gasteiger partial charge in [0.15, 0.2) is 0 Å². The maximum atomic E-state index is 12.4. The van der Waals surface area contributed by atoms with Gasteiger partial charge in [-0.1, -0.05) is 60.5 Å². The quantitative estimate of drug-likeness (QED) is 0.198. The van der Waals surface area contributed by atoms with Crippen LogP contribution < -0.4 is 5.43 Å². The van der Waals surface area contributed by atoms with Gasteiger partial charge in [-0.15, -0.1) is 18.2 Å². The number of aryl methyl sites for hydroxylation is 1. The van der Waals surface area contributed by atoms with E-state index in [-0.39, 0.29) is 5.91 Å². The van der Waals surface area contributed by atoms with Crippen LogP contribution in [0.3, 0.4) is 0 Å². The standard InChI is InChI=1S/C26H23N3OS/c1-4-15-29-19(3)23(22-13-7-9-18(2)26(22)29)16-27-28-25(30)17-31-24-14-8-11-20-10-5-6-12-21(20)24/h1,5-14,16H,15,17H2,2-3H3,(H,28,30)/b27-16-. The highest BCUT2D eigenvalue weighted by atomic mass is 32.2. The number of terminal acetylenes is 1. The van der Waals surface area contributed by atoms with Crippen molar-refractivity contribution in [1.82, 2.24) is 9.99 Å². The number of nitrogens with one attached hydrogen (secondary N) is 1. The molecule has 0 aliphatic carbocycles. The molecule has 0 saturated heterocycles. The Bertz CT molecular complexity index is 1340. The number of hydrogen-bond acceptors (Lipinski definition) is 3. The van der Waals surface area contributed by atoms with E-state index in [1.54, 1.807) is 6.21 Å². The van der Waals surface area contributed by atoms with E-state index in [9.17, 15) is 4.79 Å². The molecule has 0 aliphatic heterocycles. The first-order valence-electron chi connectivity index (χ1n) is 10.0. The fourth-order valence-corrected chi connectivity index (χ4v) is 4.73. The number of fused-ring (bicyclic) bond motifs is 2. The molecule has 0 spiro atoms. The summed E-state index contributed by atoms with van der Waals surface area (Å²) in [4.78, 5) is 13.5. The largest absolute Gasteiger partial charge is 0.332 e. The van der Waals surface area contributed by atoms with Crippen LogP contribution in [0.5, 0.6) is 0 Å². The van der Waals surface area contributed by atoms with Crippen LogP contribution in [0.4, 0.5) is 0 Å². The topological polar surface area (TPSA) is 46.4 Å². The number of benzene rings is 3. The SMILES string of the molecule is C#CCn1c(C)c(/C=N\NC(=O)CSc2cccc3ccccc23)c2cccc(C)c21. The van der Waals surface area contributed by atoms with E-state index in [4.69, 9.17) is 6.42 Å². The normalized spacial score (nSPS) is 11.3. The van der Waals surface area contributed by atoms with Crippen molar-refractivity contribution in [1.29, 1.82) is 0 Å². The van der Waals surface area contributed by atoms with Crippen LogP contribution in [0.2, 0.25) is 0 Å². The molecule has 4 rings (SSSR count). The second kappa shape index (κ2) is 9.11. The lowest BCUT2D eigenvalue weighted by atomic mass is 10.1. The summed E-state index contributed by atoms with van der Waals surface area (Å²) in [6, 6.07) is 20.4. The van der Waals surface area contributed by atoms with Gasteiger partial charge in [0.1, 0.15) is 0 Å². The summed E-state index contributed by atoms with van der Waals surface area (Å²) in [5.41, 5.74) is 6.93. The number of carbonyl (C=O) groups is 1. The van der Waals surface area contributed by atoms with Crippen LogP contribution in [-0.2, 0) is 11.3 Å². The van der Waals surface area contributed by atoms with Crippen molar-refractivity contribution in [2.45, 2.75) is 25.3 Å². The third-order valence-electron chi connectivity index (χ3n) is 5.33. The number of rotatable bonds is 6. The van der Waals surface area contributed by atoms with Crippen molar-refractivity contribution in [2.75, 3.05) is 5.75 Å². The predicted octanol–water partition coefficient (Wildman–Crippen LogP) is 5.29. The van der Waals surface area contributed by atoms with E-state index in [0.29, 0.717) is 12.3 Å². The molecule has 1 aromatic heterocycles. The number of hydrazone groups is 1. The molecular weight excluding hydrogens is 402 g/mol. The van der Waals surface area contributed by atoms with Gasteiger partial charge in [0.05, 0.1) is 24.0 Å². The minimum Gasteiger partial charge on any atom is -0.332 e. The van der Waals surface area contributed by atoms with Gasteiger partial charge in [0.2, 0.25) is 5.91 Å². The molecule has 1 amide bonds. The Morgan fingerprint density at radius 1 is 1.10 bits per heavy atom. The number of hydrogen-bond donors (Lipinski definition) is 1. The first kappa shape index (κ1) is 20.8. The number of thioether (sulfide) groups is 1. The molecule has 4 aromatic rings. The van der Waals surface area contributed by atoms with Gasteiger partial charge in [-0.3, -0.25) is 4.79 Å². The fraction of sp³-hybridized carbons (Fsp3) is 0.154. The van der Waals surface area contributed by atoms with Crippen LogP contribution in [0.1, 0.15) is 16.8 Å². The number of aromatic nitrogens is 1. The van der Waals surface area contributed by atoms with E-state index >= 15 is 0 Å². The van der Waals surface area contributed by atoms with E-state index in [1.165, 1.54) is 17.1 Å². The summed E-state index contributed by atoms with van der Waals surface area (Å²) in [5, 5.41) is 7.63. The molecule has 0 unspecified atom stereocenters. The molecule has 1 N–H and O–H groups in total. The summed E-state index contributed by atoms with van der Waals surface area (Å²) in [7, 11) is 0. The summed E-state index contributed by atoms with van der Waals surface area (Å²) in [5.74, 6) is 2.87. The molecule has 4 nitrogen and oxygen atoms in total. The van der Waals surface area contributed by atoms with Crippen LogP contribution in [0.25, 0.3) is 21.7 Å². The molecule has 0 aliphatic rings. The molecule has 0 fully saturated rings. The van der Waals surface area contributed by atoms with E-state index in [2.05, 4.69) is 58.3 Å². The predicted molar refractivity (Wildman–Crippen MR) is 131 cm³/mol. The van der Waals surface area contributed by atoms with Gasteiger partial charge in [-0.05, 0) is 36.2 Å².